The Morgan fingerprint density at radius 3 is 1.57 bits per heavy atom. The SMILES string of the molecule is COc1c(C2(C#N)C=CC=CC2)cc(-c2ccc(C#N)cc2)c(-c2ccc(C#N)cc2)c1-c1ccc(C#N)cc1. The lowest BCUT2D eigenvalue weighted by Crippen LogP contribution is -2.23. The van der Waals surface area contributed by atoms with Gasteiger partial charge in [-0.2, -0.15) is 21.0 Å². The smallest absolute Gasteiger partial charge is 0.132 e. The van der Waals surface area contributed by atoms with E-state index in [0.29, 0.717) is 34.4 Å². The third kappa shape index (κ3) is 4.50. The first-order chi connectivity index (χ1) is 19.6. The minimum Gasteiger partial charge on any atom is -0.496 e. The van der Waals surface area contributed by atoms with E-state index in [1.54, 1.807) is 43.5 Å². The van der Waals surface area contributed by atoms with E-state index in [-0.39, 0.29) is 0 Å². The molecule has 1 atom stereocenters. The van der Waals surface area contributed by atoms with E-state index in [2.05, 4.69) is 24.3 Å². The molecule has 0 saturated carbocycles. The van der Waals surface area contributed by atoms with Gasteiger partial charge in [0.2, 0.25) is 0 Å². The fourth-order valence-electron chi connectivity index (χ4n) is 5.12. The quantitative estimate of drug-likeness (QED) is 0.273. The summed E-state index contributed by atoms with van der Waals surface area (Å²) in [5.41, 5.74) is 6.36. The van der Waals surface area contributed by atoms with Crippen molar-refractivity contribution >= 4 is 0 Å². The van der Waals surface area contributed by atoms with Crippen LogP contribution in [0.2, 0.25) is 0 Å². The lowest BCUT2D eigenvalue weighted by molar-refractivity contribution is 0.405. The molecule has 0 saturated heterocycles. The molecule has 0 spiro atoms. The highest BCUT2D eigenvalue weighted by atomic mass is 16.5. The van der Waals surface area contributed by atoms with Gasteiger partial charge >= 0.3 is 0 Å². The minimum atomic E-state index is -0.966. The van der Waals surface area contributed by atoms with Crippen molar-refractivity contribution in [1.82, 2.24) is 0 Å². The first-order valence-electron chi connectivity index (χ1n) is 12.6. The van der Waals surface area contributed by atoms with Crippen LogP contribution < -0.4 is 4.74 Å². The van der Waals surface area contributed by atoms with Crippen LogP contribution in [0.1, 0.15) is 28.7 Å². The zero-order valence-electron chi connectivity index (χ0n) is 21.7. The standard InChI is InChI=1S/C35H22N4O/c1-40-34-31(35(23-39)17-3-2-4-18-35)19-30(27-11-5-24(20-36)6-12-27)32(28-13-7-25(21-37)8-14-28)33(34)29-15-9-26(22-38)10-16-29/h2-17,19H,18H2,1H3. The average molecular weight is 515 g/mol. The van der Waals surface area contributed by atoms with E-state index in [1.165, 1.54) is 0 Å². The summed E-state index contributed by atoms with van der Waals surface area (Å²) < 4.78 is 6.13. The Hall–Kier alpha value is -5.88. The van der Waals surface area contributed by atoms with Crippen molar-refractivity contribution in [3.05, 3.63) is 125 Å². The molecule has 1 unspecified atom stereocenters. The largest absolute Gasteiger partial charge is 0.496 e. The zero-order valence-corrected chi connectivity index (χ0v) is 21.7. The van der Waals surface area contributed by atoms with Crippen molar-refractivity contribution < 1.29 is 4.74 Å². The Bertz CT molecular complexity index is 1820. The van der Waals surface area contributed by atoms with Gasteiger partial charge in [-0.1, -0.05) is 60.7 Å². The van der Waals surface area contributed by atoms with Gasteiger partial charge in [0.15, 0.2) is 0 Å². The lowest BCUT2D eigenvalue weighted by Gasteiger charge is -2.30. The van der Waals surface area contributed by atoms with Crippen LogP contribution in [0, 0.1) is 45.3 Å². The predicted molar refractivity (Wildman–Crippen MR) is 154 cm³/mol. The Balaban J connectivity index is 1.95. The molecule has 188 valence electrons. The second kappa shape index (κ2) is 10.8. The van der Waals surface area contributed by atoms with E-state index < -0.39 is 5.41 Å². The van der Waals surface area contributed by atoms with Gasteiger partial charge in [0, 0.05) is 16.7 Å². The number of nitrogens with zero attached hydrogens (tertiary/aromatic N) is 4. The fraction of sp³-hybridized carbons (Fsp3) is 0.0857. The lowest BCUT2D eigenvalue weighted by atomic mass is 9.72. The Morgan fingerprint density at radius 1 is 0.650 bits per heavy atom. The number of rotatable bonds is 5. The molecular weight excluding hydrogens is 492 g/mol. The second-order valence-corrected chi connectivity index (χ2v) is 9.40. The summed E-state index contributed by atoms with van der Waals surface area (Å²) >= 11 is 0. The highest BCUT2D eigenvalue weighted by Gasteiger charge is 2.36. The summed E-state index contributed by atoms with van der Waals surface area (Å²) in [7, 11) is 1.60. The molecule has 1 aliphatic rings. The van der Waals surface area contributed by atoms with Crippen LogP contribution in [-0.2, 0) is 5.41 Å². The van der Waals surface area contributed by atoms with Crippen LogP contribution in [-0.4, -0.2) is 7.11 Å². The zero-order chi connectivity index (χ0) is 28.1. The molecule has 0 radical (unpaired) electrons. The molecule has 0 aliphatic heterocycles. The number of benzene rings is 4. The summed E-state index contributed by atoms with van der Waals surface area (Å²) in [6.07, 6.45) is 8.16. The predicted octanol–water partition coefficient (Wildman–Crippen LogP) is 7.59. The summed E-state index contributed by atoms with van der Waals surface area (Å²) in [5.74, 6) is 0.558. The van der Waals surface area contributed by atoms with E-state index in [1.807, 2.05) is 66.8 Å². The van der Waals surface area contributed by atoms with Crippen molar-refractivity contribution in [3.8, 4) is 63.4 Å². The molecule has 40 heavy (non-hydrogen) atoms. The molecule has 0 bridgehead atoms. The highest BCUT2D eigenvalue weighted by molar-refractivity contribution is 5.99. The molecule has 1 aliphatic carbocycles. The highest BCUT2D eigenvalue weighted by Crippen LogP contribution is 2.51. The maximum Gasteiger partial charge on any atom is 0.132 e. The van der Waals surface area contributed by atoms with Gasteiger partial charge in [-0.15, -0.1) is 0 Å². The van der Waals surface area contributed by atoms with Crippen LogP contribution in [0.3, 0.4) is 0 Å². The van der Waals surface area contributed by atoms with Crippen LogP contribution in [0.15, 0.2) is 103 Å². The number of allylic oxidation sites excluding steroid dienone is 4. The van der Waals surface area contributed by atoms with Gasteiger partial charge in [-0.25, -0.2) is 0 Å². The van der Waals surface area contributed by atoms with Gasteiger partial charge in [0.05, 0.1) is 48.1 Å². The topological polar surface area (TPSA) is 104 Å². The van der Waals surface area contributed by atoms with Crippen LogP contribution in [0.4, 0.5) is 0 Å². The first kappa shape index (κ1) is 25.8. The Labute approximate surface area is 233 Å². The Kier molecular flexibility index (Phi) is 6.99. The molecule has 0 heterocycles. The molecule has 4 aromatic rings. The third-order valence-corrected chi connectivity index (χ3v) is 7.16. The average Bonchev–Trinajstić information content (AvgIpc) is 3.04. The van der Waals surface area contributed by atoms with Gasteiger partial charge in [-0.05, 0) is 71.1 Å². The van der Waals surface area contributed by atoms with E-state index in [9.17, 15) is 21.0 Å². The van der Waals surface area contributed by atoms with Crippen molar-refractivity contribution in [2.45, 2.75) is 11.8 Å². The minimum absolute atomic E-state index is 0.478. The number of methoxy groups -OCH3 is 1. The molecule has 5 nitrogen and oxygen atoms in total. The van der Waals surface area contributed by atoms with E-state index in [0.717, 1.165) is 33.4 Å². The van der Waals surface area contributed by atoms with Crippen molar-refractivity contribution in [2.75, 3.05) is 7.11 Å². The molecule has 0 amide bonds. The molecule has 0 aromatic heterocycles. The monoisotopic (exact) mass is 514 g/mol. The number of hydrogen-bond acceptors (Lipinski definition) is 5. The molecule has 0 fully saturated rings. The molecular formula is C35H22N4O. The maximum atomic E-state index is 10.5. The molecule has 5 rings (SSSR count). The van der Waals surface area contributed by atoms with Crippen molar-refractivity contribution in [1.29, 1.82) is 21.0 Å². The number of nitriles is 4. The van der Waals surface area contributed by atoms with Gasteiger partial charge in [0.1, 0.15) is 11.2 Å². The van der Waals surface area contributed by atoms with Gasteiger partial charge in [0.25, 0.3) is 0 Å². The van der Waals surface area contributed by atoms with Gasteiger partial charge in [-0.3, -0.25) is 0 Å². The van der Waals surface area contributed by atoms with Gasteiger partial charge < -0.3 is 4.74 Å². The number of ether oxygens (including phenoxy) is 1. The van der Waals surface area contributed by atoms with E-state index >= 15 is 0 Å². The van der Waals surface area contributed by atoms with Crippen LogP contribution in [0.25, 0.3) is 33.4 Å². The van der Waals surface area contributed by atoms with Crippen LogP contribution in [0.5, 0.6) is 5.75 Å². The third-order valence-electron chi connectivity index (χ3n) is 7.16. The van der Waals surface area contributed by atoms with Crippen molar-refractivity contribution in [3.63, 3.8) is 0 Å². The fourth-order valence-corrected chi connectivity index (χ4v) is 5.12. The maximum absolute atomic E-state index is 10.5. The molecule has 5 heteroatoms. The summed E-state index contributed by atoms with van der Waals surface area (Å²) in [6.45, 7) is 0. The first-order valence-corrected chi connectivity index (χ1v) is 12.6. The molecule has 0 N–H and O–H groups in total. The number of hydrogen-bond donors (Lipinski definition) is 0. The second-order valence-electron chi connectivity index (χ2n) is 9.40. The molecule has 4 aromatic carbocycles. The van der Waals surface area contributed by atoms with E-state index in [4.69, 9.17) is 4.74 Å². The summed E-state index contributed by atoms with van der Waals surface area (Å²) in [4.78, 5) is 0. The summed E-state index contributed by atoms with van der Waals surface area (Å²) in [6, 6.07) is 33.0. The summed E-state index contributed by atoms with van der Waals surface area (Å²) in [5, 5.41) is 38.8. The van der Waals surface area contributed by atoms with Crippen LogP contribution >= 0.6 is 0 Å². The normalized spacial score (nSPS) is 15.3. The van der Waals surface area contributed by atoms with Crippen molar-refractivity contribution in [2.24, 2.45) is 0 Å². The Morgan fingerprint density at radius 2 is 1.15 bits per heavy atom.